The van der Waals surface area contributed by atoms with E-state index < -0.39 is 5.79 Å². The molecule has 2 aliphatic heterocycles. The normalized spacial score (nSPS) is 25.2. The predicted molar refractivity (Wildman–Crippen MR) is 94.7 cm³/mol. The van der Waals surface area contributed by atoms with E-state index in [2.05, 4.69) is 14.9 Å². The van der Waals surface area contributed by atoms with Gasteiger partial charge in [0.05, 0.1) is 32.8 Å². The maximum atomic E-state index is 12.7. The Labute approximate surface area is 154 Å². The van der Waals surface area contributed by atoms with Crippen molar-refractivity contribution in [3.63, 3.8) is 0 Å². The van der Waals surface area contributed by atoms with E-state index in [0.717, 1.165) is 24.5 Å². The fourth-order valence-electron chi connectivity index (χ4n) is 3.25. The quantitative estimate of drug-likeness (QED) is 0.807. The first-order valence-corrected chi connectivity index (χ1v) is 10.1. The number of carbonyl (C=O) groups excluding carboxylic acids is 1. The maximum absolute atomic E-state index is 12.7. The zero-order valence-corrected chi connectivity index (χ0v) is 15.4. The lowest BCUT2D eigenvalue weighted by atomic mass is 10.2. The molecule has 1 atom stereocenters. The van der Waals surface area contributed by atoms with Crippen LogP contribution in [-0.2, 0) is 16.0 Å². The Kier molecular flexibility index (Phi) is 5.09. The third kappa shape index (κ3) is 3.90. The predicted octanol–water partition coefficient (Wildman–Crippen LogP) is 1.69. The summed E-state index contributed by atoms with van der Waals surface area (Å²) in [5.41, 5.74) is 0. The molecule has 1 amide bonds. The molecule has 0 aromatic carbocycles. The van der Waals surface area contributed by atoms with E-state index in [4.69, 9.17) is 9.47 Å². The van der Waals surface area contributed by atoms with Crippen molar-refractivity contribution < 1.29 is 14.3 Å². The number of rotatable bonds is 3. The van der Waals surface area contributed by atoms with Crippen molar-refractivity contribution >= 4 is 28.6 Å². The molecule has 2 saturated heterocycles. The van der Waals surface area contributed by atoms with Gasteiger partial charge in [-0.25, -0.2) is 9.97 Å². The van der Waals surface area contributed by atoms with Crippen molar-refractivity contribution in [3.05, 3.63) is 33.2 Å². The third-order valence-electron chi connectivity index (χ3n) is 4.35. The van der Waals surface area contributed by atoms with Crippen molar-refractivity contribution in [1.29, 1.82) is 0 Å². The summed E-state index contributed by atoms with van der Waals surface area (Å²) in [4.78, 5) is 25.3. The molecule has 1 unspecified atom stereocenters. The molecule has 25 heavy (non-hydrogen) atoms. The Morgan fingerprint density at radius 3 is 2.76 bits per heavy atom. The highest BCUT2D eigenvalue weighted by molar-refractivity contribution is 7.11. The molecule has 4 heterocycles. The Hall–Kier alpha value is -1.39. The average Bonchev–Trinajstić information content (AvgIpc) is 3.29. The lowest BCUT2D eigenvalue weighted by Crippen LogP contribution is -2.59. The van der Waals surface area contributed by atoms with Gasteiger partial charge >= 0.3 is 0 Å². The lowest BCUT2D eigenvalue weighted by molar-refractivity contribution is -0.261. The largest absolute Gasteiger partial charge is 0.347 e. The Morgan fingerprint density at radius 1 is 1.12 bits per heavy atom. The van der Waals surface area contributed by atoms with Crippen LogP contribution < -0.4 is 0 Å². The van der Waals surface area contributed by atoms with Crippen LogP contribution in [0.15, 0.2) is 23.2 Å². The topological polar surface area (TPSA) is 67.8 Å². The van der Waals surface area contributed by atoms with Gasteiger partial charge in [-0.05, 0) is 6.42 Å². The fraction of sp³-hybridized carbons (Fsp3) is 0.562. The molecular weight excluding hydrogens is 360 g/mol. The molecule has 2 aromatic rings. The highest BCUT2D eigenvalue weighted by Crippen LogP contribution is 2.26. The molecule has 134 valence electrons. The Bertz CT molecular complexity index is 694. The fourth-order valence-corrected chi connectivity index (χ4v) is 4.51. The number of aromatic nitrogens is 2. The SMILES string of the molecule is O=C(c1nccs1)N1CCOC2(CN(Cc3nccs3)CCCO2)C1. The first-order chi connectivity index (χ1) is 12.2. The van der Waals surface area contributed by atoms with Crippen LogP contribution in [0.25, 0.3) is 0 Å². The number of amides is 1. The van der Waals surface area contributed by atoms with E-state index in [1.807, 2.05) is 17.0 Å². The van der Waals surface area contributed by atoms with E-state index in [-0.39, 0.29) is 5.91 Å². The molecule has 0 radical (unpaired) electrons. The van der Waals surface area contributed by atoms with Gasteiger partial charge in [0.2, 0.25) is 0 Å². The highest BCUT2D eigenvalue weighted by Gasteiger charge is 2.42. The van der Waals surface area contributed by atoms with Gasteiger partial charge in [-0.15, -0.1) is 22.7 Å². The van der Waals surface area contributed by atoms with Crippen LogP contribution in [0.4, 0.5) is 0 Å². The molecule has 0 saturated carbocycles. The highest BCUT2D eigenvalue weighted by atomic mass is 32.1. The number of carbonyl (C=O) groups is 1. The Morgan fingerprint density at radius 2 is 1.96 bits per heavy atom. The summed E-state index contributed by atoms with van der Waals surface area (Å²) < 4.78 is 12.1. The van der Waals surface area contributed by atoms with Crippen LogP contribution in [0.2, 0.25) is 0 Å². The number of nitrogens with zero attached hydrogens (tertiary/aromatic N) is 4. The number of thiazole rings is 2. The monoisotopic (exact) mass is 380 g/mol. The minimum atomic E-state index is -0.765. The van der Waals surface area contributed by atoms with Gasteiger partial charge in [0.15, 0.2) is 10.8 Å². The van der Waals surface area contributed by atoms with E-state index in [0.29, 0.717) is 37.9 Å². The van der Waals surface area contributed by atoms with Crippen LogP contribution in [0.3, 0.4) is 0 Å². The van der Waals surface area contributed by atoms with Gasteiger partial charge in [0, 0.05) is 36.2 Å². The molecular formula is C16H20N4O3S2. The molecule has 2 aromatic heterocycles. The van der Waals surface area contributed by atoms with Crippen LogP contribution >= 0.6 is 22.7 Å². The second-order valence-electron chi connectivity index (χ2n) is 6.16. The number of ether oxygens (including phenoxy) is 2. The molecule has 0 bridgehead atoms. The van der Waals surface area contributed by atoms with E-state index in [9.17, 15) is 4.79 Å². The third-order valence-corrected chi connectivity index (χ3v) is 5.88. The summed E-state index contributed by atoms with van der Waals surface area (Å²) in [6.45, 7) is 4.46. The van der Waals surface area contributed by atoms with Gasteiger partial charge in [-0.3, -0.25) is 9.69 Å². The summed E-state index contributed by atoms with van der Waals surface area (Å²) in [5, 5.41) is 5.42. The van der Waals surface area contributed by atoms with Crippen molar-refractivity contribution in [1.82, 2.24) is 19.8 Å². The number of hydrogen-bond acceptors (Lipinski definition) is 8. The molecule has 1 spiro atoms. The number of morpholine rings is 1. The molecule has 4 rings (SSSR count). The van der Waals surface area contributed by atoms with Gasteiger partial charge in [-0.2, -0.15) is 0 Å². The van der Waals surface area contributed by atoms with Gasteiger partial charge in [0.1, 0.15) is 5.01 Å². The average molecular weight is 380 g/mol. The van der Waals surface area contributed by atoms with Gasteiger partial charge in [-0.1, -0.05) is 0 Å². The van der Waals surface area contributed by atoms with E-state index in [1.165, 1.54) is 11.3 Å². The summed E-state index contributed by atoms with van der Waals surface area (Å²) >= 11 is 3.02. The smallest absolute Gasteiger partial charge is 0.283 e. The number of hydrogen-bond donors (Lipinski definition) is 0. The second kappa shape index (κ2) is 7.46. The Balaban J connectivity index is 1.47. The zero-order valence-electron chi connectivity index (χ0n) is 13.8. The minimum absolute atomic E-state index is 0.0444. The van der Waals surface area contributed by atoms with Crippen LogP contribution in [0.1, 0.15) is 21.2 Å². The summed E-state index contributed by atoms with van der Waals surface area (Å²) in [7, 11) is 0. The molecule has 0 aliphatic carbocycles. The summed E-state index contributed by atoms with van der Waals surface area (Å²) in [6.07, 6.45) is 4.43. The summed E-state index contributed by atoms with van der Waals surface area (Å²) in [6, 6.07) is 0. The molecule has 9 heteroatoms. The van der Waals surface area contributed by atoms with E-state index in [1.54, 1.807) is 22.4 Å². The van der Waals surface area contributed by atoms with E-state index >= 15 is 0 Å². The maximum Gasteiger partial charge on any atom is 0.283 e. The van der Waals surface area contributed by atoms with Crippen molar-refractivity contribution in [2.75, 3.05) is 39.4 Å². The zero-order chi connectivity index (χ0) is 17.1. The van der Waals surface area contributed by atoms with Crippen molar-refractivity contribution in [2.45, 2.75) is 18.8 Å². The van der Waals surface area contributed by atoms with Crippen LogP contribution in [0.5, 0.6) is 0 Å². The van der Waals surface area contributed by atoms with Gasteiger partial charge < -0.3 is 14.4 Å². The molecule has 0 N–H and O–H groups in total. The van der Waals surface area contributed by atoms with Crippen molar-refractivity contribution in [2.24, 2.45) is 0 Å². The van der Waals surface area contributed by atoms with Gasteiger partial charge in [0.25, 0.3) is 5.91 Å². The van der Waals surface area contributed by atoms with Crippen LogP contribution in [0, 0.1) is 0 Å². The minimum Gasteiger partial charge on any atom is -0.347 e. The molecule has 7 nitrogen and oxygen atoms in total. The summed E-state index contributed by atoms with van der Waals surface area (Å²) in [5.74, 6) is -0.809. The van der Waals surface area contributed by atoms with Crippen LogP contribution in [-0.4, -0.2) is 70.9 Å². The standard InChI is InChI=1S/C16H20N4O3S2/c21-15(14-18-3-9-25-14)20-5-7-23-16(12-20)11-19(4-1-6-22-16)10-13-17-2-8-24-13/h2-3,8-9H,1,4-7,10-12H2. The molecule has 2 fully saturated rings. The molecule has 2 aliphatic rings. The van der Waals surface area contributed by atoms with Crippen molar-refractivity contribution in [3.8, 4) is 0 Å². The first kappa shape index (κ1) is 17.0. The second-order valence-corrected chi connectivity index (χ2v) is 8.04. The first-order valence-electron chi connectivity index (χ1n) is 8.32. The lowest BCUT2D eigenvalue weighted by Gasteiger charge is -2.42.